The van der Waals surface area contributed by atoms with Crippen LogP contribution in [0.25, 0.3) is 17.0 Å². The van der Waals surface area contributed by atoms with Gasteiger partial charge in [-0.05, 0) is 44.5 Å². The van der Waals surface area contributed by atoms with Gasteiger partial charge in [0.15, 0.2) is 16.5 Å². The van der Waals surface area contributed by atoms with Crippen LogP contribution in [-0.2, 0) is 20.8 Å². The number of phenols is 1. The molecular formula is C30H28N4O7S. The molecule has 0 spiro atoms. The van der Waals surface area contributed by atoms with Gasteiger partial charge >= 0.3 is 0 Å². The minimum atomic E-state index is -2.68. The van der Waals surface area contributed by atoms with Gasteiger partial charge in [0.05, 0.1) is 23.0 Å². The largest absolute Gasteiger partial charge is 0.508 e. The summed E-state index contributed by atoms with van der Waals surface area (Å²) in [4.78, 5) is 45.3. The van der Waals surface area contributed by atoms with E-state index in [0.717, 1.165) is 11.3 Å². The van der Waals surface area contributed by atoms with Crippen molar-refractivity contribution in [2.24, 2.45) is 17.6 Å². The van der Waals surface area contributed by atoms with Crippen LogP contribution in [0.1, 0.15) is 17.5 Å². The molecule has 216 valence electrons. The molecule has 42 heavy (non-hydrogen) atoms. The van der Waals surface area contributed by atoms with Crippen LogP contribution in [-0.4, -0.2) is 73.5 Å². The number of likely N-dealkylation sites (N-methyl/N-ethyl adjacent to an activating group) is 1. The molecule has 3 aliphatic rings. The lowest BCUT2D eigenvalue weighted by Gasteiger charge is -2.50. The van der Waals surface area contributed by atoms with Gasteiger partial charge in [-0.15, -0.1) is 11.3 Å². The molecule has 6 rings (SSSR count). The number of phenolic OH excluding ortho intramolecular Hbond substituents is 1. The van der Waals surface area contributed by atoms with E-state index in [4.69, 9.17) is 5.73 Å². The molecule has 2 aromatic carbocycles. The number of hydrogen-bond donors (Lipinski definition) is 6. The number of aliphatic hydroxyl groups is 3. The topological polar surface area (TPSA) is 186 Å². The number of carbonyl (C=O) groups excluding carboxylic acids is 3. The summed E-state index contributed by atoms with van der Waals surface area (Å²) in [5.41, 5.74) is 4.13. The van der Waals surface area contributed by atoms with Crippen molar-refractivity contribution in [1.29, 1.82) is 0 Å². The van der Waals surface area contributed by atoms with Crippen molar-refractivity contribution in [1.82, 2.24) is 9.88 Å². The lowest BCUT2D eigenvalue weighted by molar-refractivity contribution is -0.153. The molecule has 4 atom stereocenters. The molecule has 11 nitrogen and oxygen atoms in total. The smallest absolute Gasteiger partial charge is 0.255 e. The first kappa shape index (κ1) is 27.6. The summed E-state index contributed by atoms with van der Waals surface area (Å²) in [5.74, 6) is -6.83. The number of aliphatic hydroxyl groups excluding tert-OH is 2. The molecule has 1 saturated carbocycles. The van der Waals surface area contributed by atoms with Gasteiger partial charge in [-0.1, -0.05) is 36.4 Å². The number of rotatable bonds is 5. The number of aromatic hydroxyl groups is 1. The molecule has 0 unspecified atom stereocenters. The van der Waals surface area contributed by atoms with E-state index >= 15 is 0 Å². The van der Waals surface area contributed by atoms with Gasteiger partial charge < -0.3 is 31.5 Å². The Kier molecular flexibility index (Phi) is 6.44. The Bertz CT molecular complexity index is 1730. The predicted octanol–water partition coefficient (Wildman–Crippen LogP) is 2.83. The van der Waals surface area contributed by atoms with E-state index < -0.39 is 58.0 Å². The number of carbonyl (C=O) groups is 3. The van der Waals surface area contributed by atoms with Crippen LogP contribution in [0.4, 0.5) is 10.8 Å². The van der Waals surface area contributed by atoms with E-state index in [0.29, 0.717) is 10.7 Å². The zero-order chi connectivity index (χ0) is 30.1. The molecule has 1 fully saturated rings. The fourth-order valence-corrected chi connectivity index (χ4v) is 7.24. The number of Topliss-reactive ketones (excluding diaryl/α,β-unsaturated/α-hetero) is 2. The minimum absolute atomic E-state index is 0.0103. The number of aromatic nitrogens is 1. The minimum Gasteiger partial charge on any atom is -0.508 e. The number of nitrogens with one attached hydrogen (secondary N) is 1. The Balaban J connectivity index is 1.41. The maximum Gasteiger partial charge on any atom is 0.255 e. The number of ketones is 2. The molecular weight excluding hydrogens is 560 g/mol. The van der Waals surface area contributed by atoms with E-state index in [2.05, 4.69) is 10.3 Å². The summed E-state index contributed by atoms with van der Waals surface area (Å²) >= 11 is 1.32. The number of benzene rings is 2. The highest BCUT2D eigenvalue weighted by atomic mass is 32.1. The van der Waals surface area contributed by atoms with Gasteiger partial charge in [-0.3, -0.25) is 19.3 Å². The van der Waals surface area contributed by atoms with Gasteiger partial charge in [0.25, 0.3) is 5.91 Å². The Hall–Kier alpha value is -4.52. The maximum absolute atomic E-state index is 14.0. The third-order valence-electron chi connectivity index (χ3n) is 8.41. The van der Waals surface area contributed by atoms with Crippen LogP contribution < -0.4 is 11.1 Å². The van der Waals surface area contributed by atoms with Crippen molar-refractivity contribution in [3.8, 4) is 17.0 Å². The molecule has 0 bridgehead atoms. The third-order valence-corrected chi connectivity index (χ3v) is 9.17. The van der Waals surface area contributed by atoms with E-state index in [1.165, 1.54) is 16.2 Å². The van der Waals surface area contributed by atoms with E-state index in [1.54, 1.807) is 26.2 Å². The van der Waals surface area contributed by atoms with Crippen molar-refractivity contribution >= 4 is 45.4 Å². The summed E-state index contributed by atoms with van der Waals surface area (Å²) in [5, 5.41) is 50.8. The zero-order valence-electron chi connectivity index (χ0n) is 22.7. The molecule has 0 saturated heterocycles. The van der Waals surface area contributed by atoms with Gasteiger partial charge in [-0.2, -0.15) is 0 Å². The van der Waals surface area contributed by atoms with Crippen LogP contribution in [0.3, 0.4) is 0 Å². The molecule has 1 heterocycles. The molecule has 1 amide bonds. The number of anilines is 2. The van der Waals surface area contributed by atoms with Crippen LogP contribution in [0.5, 0.6) is 5.75 Å². The number of fused-ring (bicyclic) bond motifs is 3. The van der Waals surface area contributed by atoms with Gasteiger partial charge in [0, 0.05) is 22.4 Å². The van der Waals surface area contributed by atoms with E-state index in [1.807, 2.05) is 35.7 Å². The molecule has 0 radical (unpaired) electrons. The second-order valence-electron chi connectivity index (χ2n) is 11.0. The highest BCUT2D eigenvalue weighted by Gasteiger charge is 2.64. The predicted molar refractivity (Wildman–Crippen MR) is 155 cm³/mol. The second-order valence-corrected chi connectivity index (χ2v) is 11.8. The van der Waals surface area contributed by atoms with Crippen molar-refractivity contribution in [3.63, 3.8) is 0 Å². The number of primary amides is 1. The van der Waals surface area contributed by atoms with E-state index in [9.17, 15) is 34.8 Å². The quantitative estimate of drug-likeness (QED) is 0.191. The number of nitrogens with zero attached hydrogens (tertiary/aromatic N) is 2. The van der Waals surface area contributed by atoms with Gasteiger partial charge in [0.1, 0.15) is 22.8 Å². The SMILES string of the molecule is CN(C)[C@@H]1C(=O)C(C(N)=O)=C(O)[C@@]2(O)C(=O)C3=C(O)c4c(ccc(Nc5nc(-c6ccccc6)cs5)c4O)C[C@H]3C[C@@H]12. The molecule has 3 aromatic rings. The van der Waals surface area contributed by atoms with E-state index in [-0.39, 0.29) is 35.4 Å². The average Bonchev–Trinajstić information content (AvgIpc) is 3.41. The Morgan fingerprint density at radius 2 is 1.83 bits per heavy atom. The fourth-order valence-electron chi connectivity index (χ4n) is 6.51. The van der Waals surface area contributed by atoms with Crippen LogP contribution in [0, 0.1) is 11.8 Å². The average molecular weight is 589 g/mol. The van der Waals surface area contributed by atoms with Gasteiger partial charge in [0.2, 0.25) is 5.78 Å². The third kappa shape index (κ3) is 3.94. The lowest BCUT2D eigenvalue weighted by Crippen LogP contribution is -2.65. The number of hydrogen-bond acceptors (Lipinski definition) is 11. The highest BCUT2D eigenvalue weighted by molar-refractivity contribution is 7.14. The summed E-state index contributed by atoms with van der Waals surface area (Å²) in [6, 6.07) is 11.8. The Labute approximate surface area is 244 Å². The zero-order valence-corrected chi connectivity index (χ0v) is 23.5. The van der Waals surface area contributed by atoms with Crippen molar-refractivity contribution in [2.45, 2.75) is 24.5 Å². The molecule has 0 aliphatic heterocycles. The normalized spacial score (nSPS) is 25.3. The van der Waals surface area contributed by atoms with Crippen LogP contribution in [0.15, 0.2) is 64.8 Å². The van der Waals surface area contributed by atoms with Crippen molar-refractivity contribution < 1.29 is 34.8 Å². The lowest BCUT2D eigenvalue weighted by atomic mass is 9.57. The summed E-state index contributed by atoms with van der Waals surface area (Å²) in [7, 11) is 3.12. The number of nitrogens with two attached hydrogens (primary N) is 1. The first-order chi connectivity index (χ1) is 19.9. The maximum atomic E-state index is 14.0. The standard InChI is InChI=1S/C30H28N4O7S/c1-34(2)22-16-11-15-10-14-8-9-17(32-29-33-18(12-42-29)13-6-4-3-5-7-13)23(35)19(14)24(36)20(15)26(38)30(16,41)27(39)21(25(22)37)28(31)40/h3-9,12,15-16,22,35-36,39,41H,10-11H2,1-2H3,(H2,31,40)(H,32,33)/t15-,16-,22-,30-/m0/s1. The van der Waals surface area contributed by atoms with Gasteiger partial charge in [-0.25, -0.2) is 4.98 Å². The molecule has 7 N–H and O–H groups in total. The highest BCUT2D eigenvalue weighted by Crippen LogP contribution is 2.53. The molecule has 3 aliphatic carbocycles. The number of thiazole rings is 1. The number of amides is 1. The monoisotopic (exact) mass is 588 g/mol. The van der Waals surface area contributed by atoms with Crippen molar-refractivity contribution in [2.75, 3.05) is 19.4 Å². The summed E-state index contributed by atoms with van der Waals surface area (Å²) < 4.78 is 0. The van der Waals surface area contributed by atoms with Crippen molar-refractivity contribution in [3.05, 3.63) is 75.9 Å². The second kappa shape index (κ2) is 9.79. The Morgan fingerprint density at radius 3 is 2.50 bits per heavy atom. The van der Waals surface area contributed by atoms with Crippen LogP contribution >= 0.6 is 11.3 Å². The summed E-state index contributed by atoms with van der Waals surface area (Å²) in [6.45, 7) is 0. The Morgan fingerprint density at radius 1 is 1.12 bits per heavy atom. The first-order valence-electron chi connectivity index (χ1n) is 13.2. The van der Waals surface area contributed by atoms with Crippen LogP contribution in [0.2, 0.25) is 0 Å². The first-order valence-corrected chi connectivity index (χ1v) is 14.1. The summed E-state index contributed by atoms with van der Waals surface area (Å²) in [6.07, 6.45) is 0.256. The fraction of sp³-hybridized carbons (Fsp3) is 0.267. The molecule has 12 heteroatoms. The molecule has 1 aromatic heterocycles.